The van der Waals surface area contributed by atoms with Crippen molar-refractivity contribution in [2.75, 3.05) is 17.2 Å². The lowest BCUT2D eigenvalue weighted by atomic mass is 9.95. The first-order valence-corrected chi connectivity index (χ1v) is 8.11. The number of halogens is 1. The monoisotopic (exact) mass is 337 g/mol. The third-order valence-electron chi connectivity index (χ3n) is 4.80. The highest BCUT2D eigenvalue weighted by atomic mass is 35.5. The van der Waals surface area contributed by atoms with E-state index in [1.807, 2.05) is 18.2 Å². The average Bonchev–Trinajstić information content (AvgIpc) is 2.90. The van der Waals surface area contributed by atoms with E-state index in [2.05, 4.69) is 10.6 Å². The van der Waals surface area contributed by atoms with Crippen molar-refractivity contribution in [2.24, 2.45) is 17.6 Å². The zero-order valence-corrected chi connectivity index (χ0v) is 14.0. The van der Waals surface area contributed by atoms with Gasteiger partial charge in [-0.2, -0.15) is 0 Å². The first-order chi connectivity index (χ1) is 10.7. The normalized spacial score (nSPS) is 23.3. The Morgan fingerprint density at radius 1 is 1.26 bits per heavy atom. The first kappa shape index (κ1) is 17.8. The number of fused-ring (bicyclic) bond motifs is 1. The highest BCUT2D eigenvalue weighted by Crippen LogP contribution is 2.32. The second-order valence-electron chi connectivity index (χ2n) is 6.30. The predicted molar refractivity (Wildman–Crippen MR) is 93.8 cm³/mol. The van der Waals surface area contributed by atoms with Crippen LogP contribution in [0.4, 0.5) is 11.4 Å². The summed E-state index contributed by atoms with van der Waals surface area (Å²) in [7, 11) is 0. The predicted octanol–water partition coefficient (Wildman–Crippen LogP) is 2.70. The van der Waals surface area contributed by atoms with Gasteiger partial charge >= 0.3 is 0 Å². The Hall–Kier alpha value is -1.59. The molecule has 0 bridgehead atoms. The zero-order valence-electron chi connectivity index (χ0n) is 13.1. The number of carbonyl (C=O) groups is 2. The van der Waals surface area contributed by atoms with Gasteiger partial charge in [0.2, 0.25) is 11.8 Å². The Morgan fingerprint density at radius 3 is 2.87 bits per heavy atom. The second-order valence-corrected chi connectivity index (χ2v) is 6.30. The molecule has 2 aliphatic rings. The molecule has 4 N–H and O–H groups in total. The van der Waals surface area contributed by atoms with Crippen molar-refractivity contribution in [1.82, 2.24) is 0 Å². The molecule has 2 atom stereocenters. The van der Waals surface area contributed by atoms with Crippen molar-refractivity contribution in [2.45, 2.75) is 38.5 Å². The molecule has 6 heteroatoms. The number of hydrogen-bond acceptors (Lipinski definition) is 3. The van der Waals surface area contributed by atoms with Crippen molar-refractivity contribution >= 4 is 35.6 Å². The maximum Gasteiger partial charge on any atom is 0.227 e. The summed E-state index contributed by atoms with van der Waals surface area (Å²) in [6.07, 6.45) is 5.30. The summed E-state index contributed by atoms with van der Waals surface area (Å²) in [5.74, 6) is 0.474. The van der Waals surface area contributed by atoms with E-state index < -0.39 is 0 Å². The van der Waals surface area contributed by atoms with E-state index in [0.717, 1.165) is 49.0 Å². The Labute approximate surface area is 142 Å². The zero-order chi connectivity index (χ0) is 15.5. The summed E-state index contributed by atoms with van der Waals surface area (Å²) in [4.78, 5) is 24.0. The number of nitrogens with one attached hydrogen (secondary N) is 2. The Bertz CT molecular complexity index is 591. The van der Waals surface area contributed by atoms with Crippen LogP contribution in [-0.4, -0.2) is 18.4 Å². The van der Waals surface area contributed by atoms with Crippen molar-refractivity contribution < 1.29 is 9.59 Å². The van der Waals surface area contributed by atoms with Crippen LogP contribution in [0.3, 0.4) is 0 Å². The van der Waals surface area contributed by atoms with Gasteiger partial charge in [-0.25, -0.2) is 0 Å². The Morgan fingerprint density at radius 2 is 2.09 bits per heavy atom. The summed E-state index contributed by atoms with van der Waals surface area (Å²) >= 11 is 0. The molecule has 1 aromatic rings. The Kier molecular flexibility index (Phi) is 6.02. The lowest BCUT2D eigenvalue weighted by molar-refractivity contribution is -0.120. The molecule has 1 aromatic carbocycles. The quantitative estimate of drug-likeness (QED) is 0.792. The third kappa shape index (κ3) is 4.03. The summed E-state index contributed by atoms with van der Waals surface area (Å²) in [6, 6.07) is 5.71. The van der Waals surface area contributed by atoms with E-state index in [0.29, 0.717) is 18.9 Å². The molecular formula is C17H24ClN3O2. The molecule has 1 aliphatic heterocycles. The Balaban J connectivity index is 0.00000192. The average molecular weight is 338 g/mol. The number of benzene rings is 1. The minimum Gasteiger partial charge on any atom is -0.330 e. The second kappa shape index (κ2) is 7.79. The minimum atomic E-state index is 0. The van der Waals surface area contributed by atoms with E-state index >= 15 is 0 Å². The molecule has 0 saturated heterocycles. The summed E-state index contributed by atoms with van der Waals surface area (Å²) in [5, 5.41) is 5.93. The molecule has 1 saturated carbocycles. The van der Waals surface area contributed by atoms with E-state index in [4.69, 9.17) is 5.73 Å². The number of aryl methyl sites for hydroxylation is 1. The van der Waals surface area contributed by atoms with Crippen molar-refractivity contribution in [1.29, 1.82) is 0 Å². The van der Waals surface area contributed by atoms with Crippen LogP contribution in [0, 0.1) is 11.8 Å². The smallest absolute Gasteiger partial charge is 0.227 e. The standard InChI is InChI=1S/C17H23N3O2.ClH/c18-10-12-4-1-5-14(12)17(22)19-13-7-8-15-11(9-13)3-2-6-16(21)20-15;/h7-9,12,14H,1-6,10,18H2,(H,19,22)(H,20,21);1H/t12-,14-;/m1./s1. The van der Waals surface area contributed by atoms with Crippen LogP contribution in [-0.2, 0) is 16.0 Å². The summed E-state index contributed by atoms with van der Waals surface area (Å²) in [5.41, 5.74) is 8.52. The van der Waals surface area contributed by atoms with Gasteiger partial charge in [-0.05, 0) is 61.9 Å². The maximum atomic E-state index is 12.4. The van der Waals surface area contributed by atoms with Gasteiger partial charge in [0.05, 0.1) is 0 Å². The SMILES string of the molecule is Cl.NC[C@H]1CCC[C@H]1C(=O)Nc1ccc2c(c1)CCCC(=O)N2. The van der Waals surface area contributed by atoms with Crippen molar-refractivity contribution in [3.63, 3.8) is 0 Å². The molecule has 1 aliphatic carbocycles. The lowest BCUT2D eigenvalue weighted by Crippen LogP contribution is -2.29. The van der Waals surface area contributed by atoms with E-state index in [1.54, 1.807) is 0 Å². The molecule has 1 heterocycles. The number of hydrogen-bond donors (Lipinski definition) is 3. The van der Waals surface area contributed by atoms with Crippen LogP contribution >= 0.6 is 12.4 Å². The topological polar surface area (TPSA) is 84.2 Å². The number of carbonyl (C=O) groups excluding carboxylic acids is 2. The van der Waals surface area contributed by atoms with Crippen molar-refractivity contribution in [3.8, 4) is 0 Å². The van der Waals surface area contributed by atoms with Gasteiger partial charge in [0.1, 0.15) is 0 Å². The maximum absolute atomic E-state index is 12.4. The molecule has 23 heavy (non-hydrogen) atoms. The van der Waals surface area contributed by atoms with Gasteiger partial charge in [-0.1, -0.05) is 6.42 Å². The number of rotatable bonds is 3. The van der Waals surface area contributed by atoms with Crippen LogP contribution in [0.5, 0.6) is 0 Å². The molecule has 0 radical (unpaired) electrons. The molecule has 0 aromatic heterocycles. The fourth-order valence-electron chi connectivity index (χ4n) is 3.55. The molecule has 2 amide bonds. The number of anilines is 2. The minimum absolute atomic E-state index is 0. The van der Waals surface area contributed by atoms with Crippen LogP contribution in [0.25, 0.3) is 0 Å². The van der Waals surface area contributed by atoms with E-state index in [1.165, 1.54) is 0 Å². The molecule has 126 valence electrons. The van der Waals surface area contributed by atoms with Gasteiger partial charge in [0.15, 0.2) is 0 Å². The number of nitrogens with two attached hydrogens (primary N) is 1. The van der Waals surface area contributed by atoms with Crippen molar-refractivity contribution in [3.05, 3.63) is 23.8 Å². The molecule has 5 nitrogen and oxygen atoms in total. The summed E-state index contributed by atoms with van der Waals surface area (Å²) in [6.45, 7) is 0.578. The van der Waals surface area contributed by atoms with Gasteiger partial charge in [-0.15, -0.1) is 12.4 Å². The fraction of sp³-hybridized carbons (Fsp3) is 0.529. The van der Waals surface area contributed by atoms with E-state index in [9.17, 15) is 9.59 Å². The lowest BCUT2D eigenvalue weighted by Gasteiger charge is -2.18. The van der Waals surface area contributed by atoms with Crippen LogP contribution in [0.1, 0.15) is 37.7 Å². The van der Waals surface area contributed by atoms with Gasteiger partial charge in [-0.3, -0.25) is 9.59 Å². The molecule has 1 fully saturated rings. The highest BCUT2D eigenvalue weighted by Gasteiger charge is 2.31. The molecule has 0 unspecified atom stereocenters. The van der Waals surface area contributed by atoms with Crippen LogP contribution < -0.4 is 16.4 Å². The molecule has 3 rings (SSSR count). The largest absolute Gasteiger partial charge is 0.330 e. The van der Waals surface area contributed by atoms with Crippen LogP contribution in [0.15, 0.2) is 18.2 Å². The summed E-state index contributed by atoms with van der Waals surface area (Å²) < 4.78 is 0. The molecular weight excluding hydrogens is 314 g/mol. The van der Waals surface area contributed by atoms with Crippen LogP contribution in [0.2, 0.25) is 0 Å². The highest BCUT2D eigenvalue weighted by molar-refractivity contribution is 5.95. The molecule has 0 spiro atoms. The van der Waals surface area contributed by atoms with Gasteiger partial charge in [0.25, 0.3) is 0 Å². The number of amides is 2. The third-order valence-corrected chi connectivity index (χ3v) is 4.80. The van der Waals surface area contributed by atoms with Gasteiger partial charge < -0.3 is 16.4 Å². The van der Waals surface area contributed by atoms with Gasteiger partial charge in [0, 0.05) is 23.7 Å². The first-order valence-electron chi connectivity index (χ1n) is 8.11. The van der Waals surface area contributed by atoms with E-state index in [-0.39, 0.29) is 30.1 Å². The fourth-order valence-corrected chi connectivity index (χ4v) is 3.55.